The Morgan fingerprint density at radius 2 is 2.17 bits per heavy atom. The summed E-state index contributed by atoms with van der Waals surface area (Å²) in [6.45, 7) is 1.84. The van der Waals surface area contributed by atoms with Gasteiger partial charge in [-0.3, -0.25) is 9.78 Å². The van der Waals surface area contributed by atoms with Gasteiger partial charge in [0.25, 0.3) is 11.5 Å². The van der Waals surface area contributed by atoms with E-state index in [4.69, 9.17) is 0 Å². The summed E-state index contributed by atoms with van der Waals surface area (Å²) in [4.78, 5) is 29.8. The smallest absolute Gasteiger partial charge is 0.335 e. The number of nitrogens with zero attached hydrogens (tertiary/aromatic N) is 5. The molecule has 0 saturated carbocycles. The first-order chi connectivity index (χ1) is 11.1. The third kappa shape index (κ3) is 2.77. The number of hydrogen-bond acceptors (Lipinski definition) is 7. The summed E-state index contributed by atoms with van der Waals surface area (Å²) < 4.78 is 0.978. The third-order valence-corrected chi connectivity index (χ3v) is 3.02. The van der Waals surface area contributed by atoms with Crippen LogP contribution >= 0.6 is 0 Å². The molecular formula is C13H11N7O3. The Balaban J connectivity index is 2.17. The quantitative estimate of drug-likeness (QED) is 0.572. The average Bonchev–Trinajstić information content (AvgIpc) is 3.00. The zero-order valence-corrected chi connectivity index (χ0v) is 11.9. The van der Waals surface area contributed by atoms with Gasteiger partial charge in [0, 0.05) is 6.21 Å². The highest BCUT2D eigenvalue weighted by molar-refractivity contribution is 5.83. The number of aromatic hydroxyl groups is 1. The molecular weight excluding hydrogens is 302 g/mol. The molecule has 3 aromatic rings. The van der Waals surface area contributed by atoms with Gasteiger partial charge in [0.1, 0.15) is 5.56 Å². The fraction of sp³-hybridized carbons (Fsp3) is 0.0769. The molecule has 0 atom stereocenters. The summed E-state index contributed by atoms with van der Waals surface area (Å²) in [6, 6.07) is 6.90. The standard InChI is InChI=1S/C13H11N7O3/c1-7-3-2-4-8(5-7)20-11(22)9(10(21)15-13(20)23)6-14-12-16-18-19-17-12/h2-6,22H,1H3,(H,15,21,23)(H,16,17,18,19). The molecule has 2 aromatic heterocycles. The van der Waals surface area contributed by atoms with Crippen molar-refractivity contribution in [3.05, 3.63) is 56.2 Å². The van der Waals surface area contributed by atoms with Crippen molar-refractivity contribution in [1.29, 1.82) is 0 Å². The van der Waals surface area contributed by atoms with Gasteiger partial charge < -0.3 is 5.11 Å². The van der Waals surface area contributed by atoms with Crippen LogP contribution in [0.5, 0.6) is 5.88 Å². The number of aryl methyl sites for hydroxylation is 1. The van der Waals surface area contributed by atoms with Crippen LogP contribution in [0.15, 0.2) is 38.8 Å². The minimum absolute atomic E-state index is 0.0166. The lowest BCUT2D eigenvalue weighted by Crippen LogP contribution is -2.31. The van der Waals surface area contributed by atoms with E-state index in [1.54, 1.807) is 18.2 Å². The van der Waals surface area contributed by atoms with Crippen LogP contribution < -0.4 is 11.2 Å². The summed E-state index contributed by atoms with van der Waals surface area (Å²) in [5, 5.41) is 23.0. The van der Waals surface area contributed by atoms with Gasteiger partial charge in [0.15, 0.2) is 0 Å². The first-order valence-electron chi connectivity index (χ1n) is 6.49. The zero-order valence-electron chi connectivity index (χ0n) is 11.9. The lowest BCUT2D eigenvalue weighted by Gasteiger charge is -2.09. The predicted octanol–water partition coefficient (Wildman–Crippen LogP) is -0.196. The number of aromatic nitrogens is 6. The number of benzene rings is 1. The van der Waals surface area contributed by atoms with Gasteiger partial charge in [-0.1, -0.05) is 17.2 Å². The van der Waals surface area contributed by atoms with Crippen LogP contribution in [0.25, 0.3) is 5.69 Å². The van der Waals surface area contributed by atoms with Crippen molar-refractivity contribution in [2.45, 2.75) is 6.92 Å². The monoisotopic (exact) mass is 313 g/mol. The van der Waals surface area contributed by atoms with Crippen LogP contribution in [0.1, 0.15) is 11.1 Å². The van der Waals surface area contributed by atoms with Crippen molar-refractivity contribution in [1.82, 2.24) is 30.2 Å². The maximum absolute atomic E-state index is 12.0. The fourth-order valence-corrected chi connectivity index (χ4v) is 1.99. The number of aliphatic imine (C=N–C) groups is 1. The van der Waals surface area contributed by atoms with E-state index in [0.29, 0.717) is 5.69 Å². The number of rotatable bonds is 3. The largest absolute Gasteiger partial charge is 0.493 e. The van der Waals surface area contributed by atoms with Crippen molar-refractivity contribution in [3.63, 3.8) is 0 Å². The predicted molar refractivity (Wildman–Crippen MR) is 80.5 cm³/mol. The number of nitrogens with one attached hydrogen (secondary N) is 2. The van der Waals surface area contributed by atoms with Crippen LogP contribution in [-0.4, -0.2) is 41.5 Å². The Bertz CT molecular complexity index is 986. The zero-order chi connectivity index (χ0) is 16.4. The van der Waals surface area contributed by atoms with Crippen LogP contribution in [0.4, 0.5) is 5.95 Å². The van der Waals surface area contributed by atoms with Gasteiger partial charge in [-0.2, -0.15) is 5.21 Å². The van der Waals surface area contributed by atoms with Gasteiger partial charge >= 0.3 is 5.69 Å². The summed E-state index contributed by atoms with van der Waals surface area (Å²) >= 11 is 0. The molecule has 0 unspecified atom stereocenters. The fourth-order valence-electron chi connectivity index (χ4n) is 1.99. The Labute approximate surface area is 128 Å². The van der Waals surface area contributed by atoms with Crippen LogP contribution in [0.3, 0.4) is 0 Å². The third-order valence-electron chi connectivity index (χ3n) is 3.02. The minimum atomic E-state index is -0.774. The van der Waals surface area contributed by atoms with E-state index in [1.165, 1.54) is 0 Å². The molecule has 10 nitrogen and oxygen atoms in total. The molecule has 116 valence electrons. The summed E-state index contributed by atoms with van der Waals surface area (Å²) in [7, 11) is 0. The molecule has 0 saturated heterocycles. The van der Waals surface area contributed by atoms with E-state index in [2.05, 4.69) is 30.6 Å². The highest BCUT2D eigenvalue weighted by Crippen LogP contribution is 2.16. The van der Waals surface area contributed by atoms with Gasteiger partial charge in [0.05, 0.1) is 5.69 Å². The summed E-state index contributed by atoms with van der Waals surface area (Å²) in [5.41, 5.74) is -0.422. The molecule has 0 aliphatic carbocycles. The van der Waals surface area contributed by atoms with Gasteiger partial charge in [0.2, 0.25) is 5.88 Å². The number of aromatic amines is 2. The lowest BCUT2D eigenvalue weighted by atomic mass is 10.2. The highest BCUT2D eigenvalue weighted by Gasteiger charge is 2.14. The van der Waals surface area contributed by atoms with E-state index >= 15 is 0 Å². The topological polar surface area (TPSA) is 142 Å². The van der Waals surface area contributed by atoms with Crippen LogP contribution in [0.2, 0.25) is 0 Å². The van der Waals surface area contributed by atoms with Crippen molar-refractivity contribution >= 4 is 12.2 Å². The van der Waals surface area contributed by atoms with E-state index in [-0.39, 0.29) is 11.5 Å². The maximum atomic E-state index is 12.0. The Morgan fingerprint density at radius 3 is 2.87 bits per heavy atom. The Hall–Kier alpha value is -3.56. The Morgan fingerprint density at radius 1 is 1.35 bits per heavy atom. The lowest BCUT2D eigenvalue weighted by molar-refractivity contribution is 0.430. The molecule has 0 spiro atoms. The molecule has 0 aliphatic heterocycles. The molecule has 0 amide bonds. The molecule has 1 aromatic carbocycles. The summed E-state index contributed by atoms with van der Waals surface area (Å²) in [5.74, 6) is -0.547. The first kappa shape index (κ1) is 14.4. The average molecular weight is 313 g/mol. The van der Waals surface area contributed by atoms with Crippen molar-refractivity contribution in [2.24, 2.45) is 4.99 Å². The number of H-pyrrole nitrogens is 2. The van der Waals surface area contributed by atoms with Crippen LogP contribution in [0, 0.1) is 6.92 Å². The molecule has 3 rings (SSSR count). The van der Waals surface area contributed by atoms with Gasteiger partial charge in [-0.05, 0) is 29.8 Å². The summed E-state index contributed by atoms with van der Waals surface area (Å²) in [6.07, 6.45) is 1.06. The minimum Gasteiger partial charge on any atom is -0.493 e. The van der Waals surface area contributed by atoms with E-state index < -0.39 is 17.1 Å². The molecule has 3 N–H and O–H groups in total. The molecule has 0 bridgehead atoms. The van der Waals surface area contributed by atoms with Crippen molar-refractivity contribution < 1.29 is 5.11 Å². The van der Waals surface area contributed by atoms with E-state index in [1.807, 2.05) is 13.0 Å². The molecule has 0 fully saturated rings. The second-order valence-corrected chi connectivity index (χ2v) is 4.64. The second-order valence-electron chi connectivity index (χ2n) is 4.64. The van der Waals surface area contributed by atoms with Crippen LogP contribution in [-0.2, 0) is 0 Å². The second kappa shape index (κ2) is 5.67. The van der Waals surface area contributed by atoms with Crippen molar-refractivity contribution in [3.8, 4) is 11.6 Å². The maximum Gasteiger partial charge on any atom is 0.335 e. The SMILES string of the molecule is Cc1cccc(-n2c(O)c(C=Nc3nn[nH]n3)c(=O)[nH]c2=O)c1. The van der Waals surface area contributed by atoms with Gasteiger partial charge in [-0.25, -0.2) is 14.4 Å². The molecule has 0 radical (unpaired) electrons. The molecule has 2 heterocycles. The normalized spacial score (nSPS) is 11.2. The molecule has 0 aliphatic rings. The number of tetrazole rings is 1. The van der Waals surface area contributed by atoms with E-state index in [0.717, 1.165) is 16.3 Å². The number of hydrogen-bond donors (Lipinski definition) is 3. The van der Waals surface area contributed by atoms with Gasteiger partial charge in [-0.15, -0.1) is 5.10 Å². The molecule has 23 heavy (non-hydrogen) atoms. The highest BCUT2D eigenvalue weighted by atomic mass is 16.3. The Kier molecular flexibility index (Phi) is 3.55. The molecule has 10 heteroatoms. The van der Waals surface area contributed by atoms with Crippen molar-refractivity contribution in [2.75, 3.05) is 0 Å². The first-order valence-corrected chi connectivity index (χ1v) is 6.49. The van der Waals surface area contributed by atoms with E-state index in [9.17, 15) is 14.7 Å².